The minimum atomic E-state index is -0.388. The number of hydrogen-bond acceptors (Lipinski definition) is 6. The van der Waals surface area contributed by atoms with Crippen molar-refractivity contribution in [2.75, 3.05) is 19.7 Å². The molecule has 0 spiro atoms. The maximum Gasteiger partial charge on any atom is 0.289 e. The third-order valence-corrected chi connectivity index (χ3v) is 3.72. The van der Waals surface area contributed by atoms with Crippen LogP contribution in [0.4, 0.5) is 0 Å². The second-order valence-corrected chi connectivity index (χ2v) is 5.34. The maximum absolute atomic E-state index is 12.6. The van der Waals surface area contributed by atoms with Gasteiger partial charge in [0.15, 0.2) is 11.9 Å². The molecule has 3 rings (SSSR count). The molecule has 0 saturated carbocycles. The lowest BCUT2D eigenvalue weighted by molar-refractivity contribution is -0.0357. The summed E-state index contributed by atoms with van der Waals surface area (Å²) < 4.78 is 16.7. The number of morpholine rings is 1. The molecule has 7 heteroatoms. The van der Waals surface area contributed by atoms with Gasteiger partial charge in [-0.2, -0.15) is 0 Å². The second-order valence-electron chi connectivity index (χ2n) is 5.34. The number of furan rings is 1. The number of rotatable bonds is 3. The molecule has 1 aliphatic rings. The van der Waals surface area contributed by atoms with Gasteiger partial charge in [-0.15, -0.1) is 10.2 Å². The average molecular weight is 305 g/mol. The largest absolute Gasteiger partial charge is 0.456 e. The summed E-state index contributed by atoms with van der Waals surface area (Å²) in [6.07, 6.45) is 0.382. The van der Waals surface area contributed by atoms with Crippen LogP contribution < -0.4 is 0 Å². The highest BCUT2D eigenvalue weighted by Crippen LogP contribution is 2.23. The Balaban J connectivity index is 1.74. The molecule has 2 aromatic rings. The number of hydrogen-bond donors (Lipinski definition) is 0. The summed E-state index contributed by atoms with van der Waals surface area (Å²) in [7, 11) is 0. The minimum absolute atomic E-state index is 0.132. The van der Waals surface area contributed by atoms with Crippen LogP contribution in [-0.4, -0.2) is 40.7 Å². The van der Waals surface area contributed by atoms with Crippen LogP contribution in [0.1, 0.15) is 46.7 Å². The smallest absolute Gasteiger partial charge is 0.289 e. The highest BCUT2D eigenvalue weighted by atomic mass is 16.5. The number of aromatic nitrogens is 2. The molecule has 22 heavy (non-hydrogen) atoms. The lowest BCUT2D eigenvalue weighted by Crippen LogP contribution is -2.42. The maximum atomic E-state index is 12.6. The fraction of sp³-hybridized carbons (Fsp3) is 0.533. The van der Waals surface area contributed by atoms with E-state index >= 15 is 0 Å². The number of amides is 1. The van der Waals surface area contributed by atoms with Gasteiger partial charge in [0, 0.05) is 19.9 Å². The van der Waals surface area contributed by atoms with Gasteiger partial charge in [-0.25, -0.2) is 0 Å². The van der Waals surface area contributed by atoms with E-state index in [1.807, 2.05) is 13.8 Å². The van der Waals surface area contributed by atoms with Gasteiger partial charge >= 0.3 is 0 Å². The Morgan fingerprint density at radius 3 is 2.82 bits per heavy atom. The summed E-state index contributed by atoms with van der Waals surface area (Å²) in [6.45, 7) is 6.99. The summed E-state index contributed by atoms with van der Waals surface area (Å²) >= 11 is 0. The number of ether oxygens (including phenoxy) is 1. The van der Waals surface area contributed by atoms with Crippen molar-refractivity contribution < 1.29 is 18.4 Å². The van der Waals surface area contributed by atoms with Crippen LogP contribution in [0.25, 0.3) is 0 Å². The van der Waals surface area contributed by atoms with E-state index in [0.29, 0.717) is 37.2 Å². The van der Waals surface area contributed by atoms with Crippen LogP contribution in [0.2, 0.25) is 0 Å². The normalized spacial score (nSPS) is 18.7. The topological polar surface area (TPSA) is 81.6 Å². The molecule has 1 atom stereocenters. The fourth-order valence-electron chi connectivity index (χ4n) is 2.56. The van der Waals surface area contributed by atoms with Gasteiger partial charge in [-0.3, -0.25) is 4.79 Å². The first-order valence-electron chi connectivity index (χ1n) is 7.38. The molecule has 0 aliphatic carbocycles. The first-order chi connectivity index (χ1) is 10.6. The van der Waals surface area contributed by atoms with E-state index < -0.39 is 0 Å². The Bertz CT molecular complexity index is 676. The molecule has 1 amide bonds. The summed E-state index contributed by atoms with van der Waals surface area (Å²) in [5, 5.41) is 7.76. The highest BCUT2D eigenvalue weighted by molar-refractivity contribution is 5.91. The first-order valence-corrected chi connectivity index (χ1v) is 7.38. The van der Waals surface area contributed by atoms with Crippen molar-refractivity contribution in [2.45, 2.75) is 33.3 Å². The molecule has 1 saturated heterocycles. The number of nitrogens with zero attached hydrogens (tertiary/aromatic N) is 3. The molecule has 118 valence electrons. The molecule has 0 radical (unpaired) electrons. The van der Waals surface area contributed by atoms with E-state index in [0.717, 1.165) is 17.7 Å². The SMILES string of the molecule is CCc1oc(C(=O)N2CCO[C@@H](c3nnc(C)o3)C2)cc1C. The first kappa shape index (κ1) is 14.8. The molecule has 0 bridgehead atoms. The van der Waals surface area contributed by atoms with Crippen LogP contribution >= 0.6 is 0 Å². The van der Waals surface area contributed by atoms with Crippen molar-refractivity contribution in [3.63, 3.8) is 0 Å². The Hall–Kier alpha value is -2.15. The third kappa shape index (κ3) is 2.76. The lowest BCUT2D eigenvalue weighted by atomic mass is 10.2. The number of carbonyl (C=O) groups is 1. The van der Waals surface area contributed by atoms with Crippen molar-refractivity contribution in [1.82, 2.24) is 15.1 Å². The zero-order valence-corrected chi connectivity index (χ0v) is 13.0. The quantitative estimate of drug-likeness (QED) is 0.863. The average Bonchev–Trinajstić information content (AvgIpc) is 3.12. The van der Waals surface area contributed by atoms with Crippen LogP contribution in [-0.2, 0) is 11.2 Å². The molecule has 1 aliphatic heterocycles. The Labute approximate surface area is 128 Å². The van der Waals surface area contributed by atoms with Gasteiger partial charge in [0.2, 0.25) is 11.8 Å². The van der Waals surface area contributed by atoms with Crippen molar-refractivity contribution in [1.29, 1.82) is 0 Å². The molecule has 0 aromatic carbocycles. The number of aryl methyl sites for hydroxylation is 3. The molecular formula is C15H19N3O4. The summed E-state index contributed by atoms with van der Waals surface area (Å²) in [4.78, 5) is 14.3. The van der Waals surface area contributed by atoms with Gasteiger partial charge in [0.1, 0.15) is 5.76 Å². The van der Waals surface area contributed by atoms with E-state index in [1.165, 1.54) is 0 Å². The highest BCUT2D eigenvalue weighted by Gasteiger charge is 2.30. The standard InChI is InChI=1S/C15H19N3O4/c1-4-11-9(2)7-12(22-11)15(19)18-5-6-20-13(8-18)14-17-16-10(3)21-14/h7,13H,4-6,8H2,1-3H3/t13-/m1/s1. The zero-order chi connectivity index (χ0) is 15.7. The third-order valence-electron chi connectivity index (χ3n) is 3.72. The van der Waals surface area contributed by atoms with E-state index in [1.54, 1.807) is 17.9 Å². The number of carbonyl (C=O) groups excluding carboxylic acids is 1. The van der Waals surface area contributed by atoms with Crippen molar-refractivity contribution in [2.24, 2.45) is 0 Å². The van der Waals surface area contributed by atoms with Gasteiger partial charge in [-0.05, 0) is 18.6 Å². The molecular weight excluding hydrogens is 286 g/mol. The van der Waals surface area contributed by atoms with Gasteiger partial charge in [0.25, 0.3) is 5.91 Å². The van der Waals surface area contributed by atoms with E-state index in [9.17, 15) is 4.79 Å². The molecule has 1 fully saturated rings. The molecule has 3 heterocycles. The van der Waals surface area contributed by atoms with Crippen molar-refractivity contribution in [3.05, 3.63) is 34.9 Å². The van der Waals surface area contributed by atoms with Crippen molar-refractivity contribution in [3.8, 4) is 0 Å². The Kier molecular flexibility index (Phi) is 3.98. The molecule has 7 nitrogen and oxygen atoms in total. The van der Waals surface area contributed by atoms with Crippen LogP contribution in [0.3, 0.4) is 0 Å². The van der Waals surface area contributed by atoms with E-state index in [-0.39, 0.29) is 12.0 Å². The van der Waals surface area contributed by atoms with Crippen LogP contribution in [0.15, 0.2) is 14.9 Å². The van der Waals surface area contributed by atoms with E-state index in [2.05, 4.69) is 10.2 Å². The van der Waals surface area contributed by atoms with E-state index in [4.69, 9.17) is 13.6 Å². The predicted octanol–water partition coefficient (Wildman–Crippen LogP) is 2.06. The van der Waals surface area contributed by atoms with Crippen LogP contribution in [0, 0.1) is 13.8 Å². The lowest BCUT2D eigenvalue weighted by Gasteiger charge is -2.30. The molecule has 2 aromatic heterocycles. The summed E-state index contributed by atoms with van der Waals surface area (Å²) in [6, 6.07) is 1.79. The fourth-order valence-corrected chi connectivity index (χ4v) is 2.56. The van der Waals surface area contributed by atoms with Gasteiger partial charge in [0.05, 0.1) is 13.2 Å². The Morgan fingerprint density at radius 1 is 1.36 bits per heavy atom. The summed E-state index contributed by atoms with van der Waals surface area (Å²) in [5.74, 6) is 1.97. The minimum Gasteiger partial charge on any atom is -0.456 e. The zero-order valence-electron chi connectivity index (χ0n) is 13.0. The van der Waals surface area contributed by atoms with Gasteiger partial charge < -0.3 is 18.5 Å². The molecule has 0 unspecified atom stereocenters. The van der Waals surface area contributed by atoms with Crippen molar-refractivity contribution >= 4 is 5.91 Å². The predicted molar refractivity (Wildman–Crippen MR) is 76.5 cm³/mol. The monoisotopic (exact) mass is 305 g/mol. The Morgan fingerprint density at radius 2 is 2.18 bits per heavy atom. The second kappa shape index (κ2) is 5.92. The van der Waals surface area contributed by atoms with Gasteiger partial charge in [-0.1, -0.05) is 6.92 Å². The summed E-state index contributed by atoms with van der Waals surface area (Å²) in [5.41, 5.74) is 1.00. The molecule has 0 N–H and O–H groups in total. The van der Waals surface area contributed by atoms with Crippen LogP contribution in [0.5, 0.6) is 0 Å².